The molecule has 1 heterocycles. The maximum Gasteiger partial charge on any atom is 0.248 e. The zero-order valence-electron chi connectivity index (χ0n) is 18.3. The molecule has 1 aromatic heterocycles. The summed E-state index contributed by atoms with van der Waals surface area (Å²) in [6.45, 7) is 6.86. The van der Waals surface area contributed by atoms with Crippen LogP contribution in [-0.2, 0) is 21.2 Å². The molecule has 0 unspecified atom stereocenters. The Hall–Kier alpha value is -1.90. The van der Waals surface area contributed by atoms with E-state index in [-0.39, 0.29) is 24.5 Å². The van der Waals surface area contributed by atoms with Crippen molar-refractivity contribution in [1.82, 2.24) is 4.57 Å². The molecule has 3 rings (SSSR count). The molecule has 5 nitrogen and oxygen atoms in total. The molecule has 3 aromatic rings. The van der Waals surface area contributed by atoms with Gasteiger partial charge < -0.3 is 4.57 Å². The van der Waals surface area contributed by atoms with Crippen LogP contribution in [0.3, 0.4) is 0 Å². The summed E-state index contributed by atoms with van der Waals surface area (Å²) in [6, 6.07) is 11.1. The number of rotatable bonds is 8. The topological polar surface area (TPSA) is 68.5 Å². The fourth-order valence-corrected chi connectivity index (χ4v) is 6.07. The second-order valence-corrected chi connectivity index (χ2v) is 11.8. The number of thiazole rings is 1. The molecule has 0 spiro atoms. The lowest BCUT2D eigenvalue weighted by Gasteiger charge is -2.06. The van der Waals surface area contributed by atoms with E-state index in [9.17, 15) is 13.2 Å². The first kappa shape index (κ1) is 23.8. The number of benzene rings is 2. The van der Waals surface area contributed by atoms with Gasteiger partial charge in [0.2, 0.25) is 5.91 Å². The molecule has 0 N–H and O–H groups in total. The quantitative estimate of drug-likeness (QED) is 0.474. The van der Waals surface area contributed by atoms with E-state index in [2.05, 4.69) is 41.8 Å². The lowest BCUT2D eigenvalue weighted by Crippen LogP contribution is -2.18. The largest absolute Gasteiger partial charge is 0.316 e. The van der Waals surface area contributed by atoms with Gasteiger partial charge in [0.1, 0.15) is 0 Å². The Morgan fingerprint density at radius 3 is 2.45 bits per heavy atom. The van der Waals surface area contributed by atoms with Crippen molar-refractivity contribution in [2.75, 3.05) is 17.8 Å². The maximum absolute atomic E-state index is 12.5. The van der Waals surface area contributed by atoms with Crippen LogP contribution in [0.5, 0.6) is 0 Å². The van der Waals surface area contributed by atoms with Crippen LogP contribution in [0.15, 0.2) is 46.3 Å². The normalized spacial score (nSPS) is 12.6. The van der Waals surface area contributed by atoms with Gasteiger partial charge in [0.15, 0.2) is 14.6 Å². The van der Waals surface area contributed by atoms with Gasteiger partial charge in [-0.05, 0) is 68.8 Å². The standard InChI is InChI=1S/C23H28N2O3S3/c1-16-7-9-19(10-8-16)31(27,28)13-5-6-22(26)24-23-25(11-12-29-4)20-14-17(2)18(3)15-21(20)30-23/h7-10,14-15H,5-6,11-13H2,1-4H3. The molecule has 2 aromatic carbocycles. The Morgan fingerprint density at radius 2 is 1.77 bits per heavy atom. The molecule has 31 heavy (non-hydrogen) atoms. The van der Waals surface area contributed by atoms with Crippen molar-refractivity contribution in [2.24, 2.45) is 4.99 Å². The second-order valence-electron chi connectivity index (χ2n) is 7.67. The summed E-state index contributed by atoms with van der Waals surface area (Å²) in [4.78, 5) is 17.9. The average molecular weight is 477 g/mol. The molecule has 8 heteroatoms. The summed E-state index contributed by atoms with van der Waals surface area (Å²) >= 11 is 3.26. The Kier molecular flexibility index (Phi) is 7.78. The molecule has 1 amide bonds. The average Bonchev–Trinajstić information content (AvgIpc) is 3.02. The first-order valence-corrected chi connectivity index (χ1v) is 14.0. The molecule has 0 fully saturated rings. The fraction of sp³-hybridized carbons (Fsp3) is 0.391. The molecule has 0 atom stereocenters. The minimum Gasteiger partial charge on any atom is -0.316 e. The number of aromatic nitrogens is 1. The number of thioether (sulfide) groups is 1. The summed E-state index contributed by atoms with van der Waals surface area (Å²) < 4.78 is 28.2. The van der Waals surface area contributed by atoms with Crippen LogP contribution < -0.4 is 4.80 Å². The number of amides is 1. The molecular weight excluding hydrogens is 448 g/mol. The highest BCUT2D eigenvalue weighted by Crippen LogP contribution is 2.22. The SMILES string of the molecule is CSCCn1c(=NC(=O)CCCS(=O)(=O)c2ccc(C)cc2)sc2cc(C)c(C)cc21. The van der Waals surface area contributed by atoms with Crippen LogP contribution in [0.4, 0.5) is 0 Å². The van der Waals surface area contributed by atoms with E-state index in [0.29, 0.717) is 9.70 Å². The highest BCUT2D eigenvalue weighted by Gasteiger charge is 2.15. The third-order valence-corrected chi connectivity index (χ3v) is 8.67. The number of fused-ring (bicyclic) bond motifs is 1. The summed E-state index contributed by atoms with van der Waals surface area (Å²) in [5.74, 6) is 0.584. The Bertz CT molecular complexity index is 1250. The number of nitrogens with zero attached hydrogens (tertiary/aromatic N) is 2. The number of sulfone groups is 1. The lowest BCUT2D eigenvalue weighted by molar-refractivity contribution is -0.118. The smallest absolute Gasteiger partial charge is 0.248 e. The van der Waals surface area contributed by atoms with Crippen LogP contribution in [-0.4, -0.2) is 36.7 Å². The molecule has 0 saturated heterocycles. The van der Waals surface area contributed by atoms with Crippen molar-refractivity contribution < 1.29 is 13.2 Å². The number of aryl methyl sites for hydroxylation is 4. The van der Waals surface area contributed by atoms with Crippen LogP contribution in [0.1, 0.15) is 29.5 Å². The highest BCUT2D eigenvalue weighted by molar-refractivity contribution is 7.98. The Morgan fingerprint density at radius 1 is 1.10 bits per heavy atom. The van der Waals surface area contributed by atoms with Crippen LogP contribution in [0, 0.1) is 20.8 Å². The lowest BCUT2D eigenvalue weighted by atomic mass is 10.1. The minimum absolute atomic E-state index is 0.0609. The van der Waals surface area contributed by atoms with E-state index in [1.807, 2.05) is 6.92 Å². The molecule has 0 bridgehead atoms. The number of hydrogen-bond donors (Lipinski definition) is 0. The van der Waals surface area contributed by atoms with Crippen molar-refractivity contribution >= 4 is 49.1 Å². The summed E-state index contributed by atoms with van der Waals surface area (Å²) in [5.41, 5.74) is 4.53. The number of carbonyl (C=O) groups is 1. The maximum atomic E-state index is 12.5. The van der Waals surface area contributed by atoms with E-state index in [1.165, 1.54) is 22.5 Å². The Labute approximate surface area is 192 Å². The molecule has 0 aliphatic rings. The van der Waals surface area contributed by atoms with Gasteiger partial charge in [0.25, 0.3) is 0 Å². The predicted molar refractivity (Wildman–Crippen MR) is 131 cm³/mol. The van der Waals surface area contributed by atoms with E-state index in [0.717, 1.165) is 28.1 Å². The third kappa shape index (κ3) is 5.87. The Balaban J connectivity index is 1.77. The van der Waals surface area contributed by atoms with Crippen LogP contribution in [0.2, 0.25) is 0 Å². The van der Waals surface area contributed by atoms with Crippen molar-refractivity contribution in [2.45, 2.75) is 45.1 Å². The van der Waals surface area contributed by atoms with Crippen molar-refractivity contribution in [3.8, 4) is 0 Å². The van der Waals surface area contributed by atoms with E-state index < -0.39 is 9.84 Å². The van der Waals surface area contributed by atoms with Gasteiger partial charge in [-0.15, -0.1) is 0 Å². The van der Waals surface area contributed by atoms with E-state index in [1.54, 1.807) is 36.0 Å². The molecule has 166 valence electrons. The van der Waals surface area contributed by atoms with Gasteiger partial charge in [-0.2, -0.15) is 16.8 Å². The summed E-state index contributed by atoms with van der Waals surface area (Å²) in [7, 11) is -3.40. The first-order valence-electron chi connectivity index (χ1n) is 10.2. The minimum atomic E-state index is -3.40. The van der Waals surface area contributed by atoms with E-state index in [4.69, 9.17) is 0 Å². The van der Waals surface area contributed by atoms with Crippen molar-refractivity contribution in [3.05, 3.63) is 57.9 Å². The van der Waals surface area contributed by atoms with Gasteiger partial charge in [0, 0.05) is 18.7 Å². The molecule has 0 saturated carbocycles. The zero-order chi connectivity index (χ0) is 22.6. The predicted octanol–water partition coefficient (Wildman–Crippen LogP) is 4.67. The van der Waals surface area contributed by atoms with E-state index >= 15 is 0 Å². The van der Waals surface area contributed by atoms with Gasteiger partial charge in [-0.1, -0.05) is 29.0 Å². The van der Waals surface area contributed by atoms with Crippen molar-refractivity contribution in [1.29, 1.82) is 0 Å². The summed E-state index contributed by atoms with van der Waals surface area (Å²) in [5, 5.41) is 0. The molecule has 0 aliphatic heterocycles. The highest BCUT2D eigenvalue weighted by atomic mass is 32.2. The first-order chi connectivity index (χ1) is 14.7. The molecular formula is C23H28N2O3S3. The molecule has 0 aliphatic carbocycles. The van der Waals surface area contributed by atoms with Gasteiger partial charge in [-0.3, -0.25) is 4.79 Å². The summed E-state index contributed by atoms with van der Waals surface area (Å²) in [6.07, 6.45) is 2.42. The van der Waals surface area contributed by atoms with Gasteiger partial charge in [-0.25, -0.2) is 8.42 Å². The molecule has 0 radical (unpaired) electrons. The third-order valence-electron chi connectivity index (χ3n) is 5.22. The monoisotopic (exact) mass is 476 g/mol. The van der Waals surface area contributed by atoms with Crippen LogP contribution in [0.25, 0.3) is 10.2 Å². The number of hydrogen-bond acceptors (Lipinski definition) is 5. The zero-order valence-corrected chi connectivity index (χ0v) is 20.8. The fourth-order valence-electron chi connectivity index (χ4n) is 3.24. The van der Waals surface area contributed by atoms with Crippen molar-refractivity contribution in [3.63, 3.8) is 0 Å². The van der Waals surface area contributed by atoms with Gasteiger partial charge in [0.05, 0.1) is 20.9 Å². The van der Waals surface area contributed by atoms with Crippen LogP contribution >= 0.6 is 23.1 Å². The second kappa shape index (κ2) is 10.1. The van der Waals surface area contributed by atoms with Gasteiger partial charge >= 0.3 is 0 Å². The number of carbonyl (C=O) groups excluding carboxylic acids is 1.